The van der Waals surface area contributed by atoms with Crippen molar-refractivity contribution in [1.82, 2.24) is 19.9 Å². The number of rotatable bonds is 5. The highest BCUT2D eigenvalue weighted by Crippen LogP contribution is 2.22. The van der Waals surface area contributed by atoms with E-state index in [1.54, 1.807) is 29.2 Å². The summed E-state index contributed by atoms with van der Waals surface area (Å²) < 4.78 is 1.77. The van der Waals surface area contributed by atoms with Crippen LogP contribution in [0.15, 0.2) is 61.1 Å². The van der Waals surface area contributed by atoms with Crippen LogP contribution in [0.25, 0.3) is 16.9 Å². The van der Waals surface area contributed by atoms with Gasteiger partial charge in [0.25, 0.3) is 5.91 Å². The summed E-state index contributed by atoms with van der Waals surface area (Å²) in [6.07, 6.45) is 3.26. The maximum Gasteiger partial charge on any atom is 0.255 e. The van der Waals surface area contributed by atoms with E-state index in [4.69, 9.17) is 0 Å². The standard InChI is InChI=1S/C24H23N5O2/c1-15-11-16(2)22(17(3)12-15)28-21(30)13-26-24(31)18-7-6-10-25-23(18)29-14-27-19-8-4-5-9-20(19)29/h4-12,14H,13H2,1-3H3,(H,26,31)(H,28,30). The Morgan fingerprint density at radius 2 is 1.71 bits per heavy atom. The number of amides is 2. The molecule has 2 heterocycles. The first-order valence-electron chi connectivity index (χ1n) is 9.97. The number of imidazole rings is 1. The highest BCUT2D eigenvalue weighted by atomic mass is 16.2. The molecule has 0 radical (unpaired) electrons. The highest BCUT2D eigenvalue weighted by molar-refractivity contribution is 6.01. The monoisotopic (exact) mass is 413 g/mol. The second-order valence-corrected chi connectivity index (χ2v) is 7.48. The Morgan fingerprint density at radius 1 is 0.968 bits per heavy atom. The number of pyridine rings is 1. The lowest BCUT2D eigenvalue weighted by atomic mass is 10.1. The zero-order valence-corrected chi connectivity index (χ0v) is 17.6. The Bertz CT molecular complexity index is 1270. The third kappa shape index (κ3) is 4.16. The molecular weight excluding hydrogens is 390 g/mol. The third-order valence-electron chi connectivity index (χ3n) is 5.06. The summed E-state index contributed by atoms with van der Waals surface area (Å²) in [5.41, 5.74) is 5.90. The topological polar surface area (TPSA) is 88.9 Å². The van der Waals surface area contributed by atoms with E-state index in [1.807, 2.05) is 57.2 Å². The third-order valence-corrected chi connectivity index (χ3v) is 5.06. The number of aryl methyl sites for hydroxylation is 3. The number of nitrogens with zero attached hydrogens (tertiary/aromatic N) is 3. The van der Waals surface area contributed by atoms with Crippen LogP contribution in [-0.4, -0.2) is 32.9 Å². The van der Waals surface area contributed by atoms with E-state index in [9.17, 15) is 9.59 Å². The maximum absolute atomic E-state index is 12.9. The van der Waals surface area contributed by atoms with Crippen molar-refractivity contribution >= 4 is 28.5 Å². The molecule has 2 aromatic carbocycles. The fraction of sp³-hybridized carbons (Fsp3) is 0.167. The van der Waals surface area contributed by atoms with Gasteiger partial charge in [-0.15, -0.1) is 0 Å². The smallest absolute Gasteiger partial charge is 0.255 e. The molecule has 0 aliphatic carbocycles. The number of hydrogen-bond donors (Lipinski definition) is 2. The van der Waals surface area contributed by atoms with Gasteiger partial charge in [0.2, 0.25) is 5.91 Å². The van der Waals surface area contributed by atoms with Crippen LogP contribution in [0.1, 0.15) is 27.0 Å². The van der Waals surface area contributed by atoms with E-state index < -0.39 is 0 Å². The first kappa shape index (κ1) is 20.3. The van der Waals surface area contributed by atoms with Crippen LogP contribution in [0.3, 0.4) is 0 Å². The summed E-state index contributed by atoms with van der Waals surface area (Å²) in [7, 11) is 0. The largest absolute Gasteiger partial charge is 0.343 e. The number of aromatic nitrogens is 3. The molecule has 0 aliphatic heterocycles. The van der Waals surface area contributed by atoms with Gasteiger partial charge in [0, 0.05) is 11.9 Å². The molecule has 4 aromatic rings. The number of fused-ring (bicyclic) bond motifs is 1. The number of carbonyl (C=O) groups excluding carboxylic acids is 2. The quantitative estimate of drug-likeness (QED) is 0.522. The van der Waals surface area contributed by atoms with Crippen LogP contribution >= 0.6 is 0 Å². The van der Waals surface area contributed by atoms with E-state index in [2.05, 4.69) is 20.6 Å². The van der Waals surface area contributed by atoms with Crippen LogP contribution < -0.4 is 10.6 Å². The van der Waals surface area contributed by atoms with Crippen molar-refractivity contribution in [2.24, 2.45) is 0 Å². The molecule has 7 nitrogen and oxygen atoms in total. The molecule has 2 N–H and O–H groups in total. The van der Waals surface area contributed by atoms with Gasteiger partial charge in [0.1, 0.15) is 6.33 Å². The predicted molar refractivity (Wildman–Crippen MR) is 120 cm³/mol. The number of anilines is 1. The Morgan fingerprint density at radius 3 is 2.48 bits per heavy atom. The molecular formula is C24H23N5O2. The van der Waals surface area contributed by atoms with E-state index in [0.717, 1.165) is 33.4 Å². The Balaban J connectivity index is 1.51. The Labute approximate surface area is 180 Å². The lowest BCUT2D eigenvalue weighted by Gasteiger charge is -2.14. The summed E-state index contributed by atoms with van der Waals surface area (Å²) in [6, 6.07) is 15.0. The predicted octanol–water partition coefficient (Wildman–Crippen LogP) is 3.71. The van der Waals surface area contributed by atoms with E-state index >= 15 is 0 Å². The molecule has 31 heavy (non-hydrogen) atoms. The fourth-order valence-electron chi connectivity index (χ4n) is 3.71. The molecule has 0 aliphatic rings. The summed E-state index contributed by atoms with van der Waals surface area (Å²) >= 11 is 0. The second kappa shape index (κ2) is 8.39. The summed E-state index contributed by atoms with van der Waals surface area (Å²) in [5, 5.41) is 5.59. The first-order chi connectivity index (χ1) is 14.9. The van der Waals surface area contributed by atoms with E-state index in [1.165, 1.54) is 0 Å². The van der Waals surface area contributed by atoms with Gasteiger partial charge in [-0.25, -0.2) is 9.97 Å². The molecule has 0 spiro atoms. The van der Waals surface area contributed by atoms with Crippen molar-refractivity contribution in [2.75, 3.05) is 11.9 Å². The van der Waals surface area contributed by atoms with Crippen molar-refractivity contribution in [2.45, 2.75) is 20.8 Å². The lowest BCUT2D eigenvalue weighted by Crippen LogP contribution is -2.33. The van der Waals surface area contributed by atoms with Crippen LogP contribution in [0.4, 0.5) is 5.69 Å². The molecule has 0 bridgehead atoms. The SMILES string of the molecule is Cc1cc(C)c(NC(=O)CNC(=O)c2cccnc2-n2cnc3ccccc32)c(C)c1. The van der Waals surface area contributed by atoms with Gasteiger partial charge in [-0.3, -0.25) is 14.2 Å². The average molecular weight is 413 g/mol. The van der Waals surface area contributed by atoms with Gasteiger partial charge < -0.3 is 10.6 Å². The number of para-hydroxylation sites is 2. The Hall–Kier alpha value is -4.00. The first-order valence-corrected chi connectivity index (χ1v) is 9.97. The van der Waals surface area contributed by atoms with Crippen LogP contribution in [0.5, 0.6) is 0 Å². The molecule has 4 rings (SSSR count). The van der Waals surface area contributed by atoms with Gasteiger partial charge in [-0.2, -0.15) is 0 Å². The molecule has 2 aromatic heterocycles. The molecule has 7 heteroatoms. The number of hydrogen-bond acceptors (Lipinski definition) is 4. The van der Waals surface area contributed by atoms with Gasteiger partial charge in [0.05, 0.1) is 23.1 Å². The second-order valence-electron chi connectivity index (χ2n) is 7.48. The Kier molecular flexibility index (Phi) is 5.49. The molecule has 0 unspecified atom stereocenters. The molecule has 0 saturated heterocycles. The fourth-order valence-corrected chi connectivity index (χ4v) is 3.71. The van der Waals surface area contributed by atoms with Crippen molar-refractivity contribution < 1.29 is 9.59 Å². The van der Waals surface area contributed by atoms with Crippen LogP contribution in [-0.2, 0) is 4.79 Å². The van der Waals surface area contributed by atoms with Gasteiger partial charge in [-0.05, 0) is 56.2 Å². The summed E-state index contributed by atoms with van der Waals surface area (Å²) in [4.78, 5) is 34.1. The highest BCUT2D eigenvalue weighted by Gasteiger charge is 2.17. The van der Waals surface area contributed by atoms with Crippen molar-refractivity contribution in [3.8, 4) is 5.82 Å². The summed E-state index contributed by atoms with van der Waals surface area (Å²) in [6.45, 7) is 5.77. The zero-order valence-electron chi connectivity index (χ0n) is 17.6. The molecule has 0 atom stereocenters. The van der Waals surface area contributed by atoms with Gasteiger partial charge in [0.15, 0.2) is 5.82 Å². The molecule has 2 amide bonds. The minimum atomic E-state index is -0.381. The number of nitrogens with one attached hydrogen (secondary N) is 2. The van der Waals surface area contributed by atoms with Crippen molar-refractivity contribution in [1.29, 1.82) is 0 Å². The maximum atomic E-state index is 12.9. The minimum absolute atomic E-state index is 0.148. The molecule has 0 fully saturated rings. The average Bonchev–Trinajstić information content (AvgIpc) is 3.18. The van der Waals surface area contributed by atoms with Gasteiger partial charge in [-0.1, -0.05) is 29.8 Å². The zero-order chi connectivity index (χ0) is 22.0. The normalized spacial score (nSPS) is 10.8. The molecule has 156 valence electrons. The summed E-state index contributed by atoms with van der Waals surface area (Å²) in [5.74, 6) is -0.213. The number of carbonyl (C=O) groups is 2. The lowest BCUT2D eigenvalue weighted by molar-refractivity contribution is -0.115. The van der Waals surface area contributed by atoms with Crippen LogP contribution in [0, 0.1) is 20.8 Å². The van der Waals surface area contributed by atoms with Crippen LogP contribution in [0.2, 0.25) is 0 Å². The van der Waals surface area contributed by atoms with Crippen molar-refractivity contribution in [3.63, 3.8) is 0 Å². The van der Waals surface area contributed by atoms with Gasteiger partial charge >= 0.3 is 0 Å². The van der Waals surface area contributed by atoms with E-state index in [0.29, 0.717) is 11.4 Å². The van der Waals surface area contributed by atoms with E-state index in [-0.39, 0.29) is 18.4 Å². The number of benzene rings is 2. The van der Waals surface area contributed by atoms with Crippen molar-refractivity contribution in [3.05, 3.63) is 83.3 Å². The molecule has 0 saturated carbocycles. The minimum Gasteiger partial charge on any atom is -0.343 e.